The van der Waals surface area contributed by atoms with Gasteiger partial charge in [-0.3, -0.25) is 9.59 Å². The van der Waals surface area contributed by atoms with E-state index in [9.17, 15) is 9.59 Å². The van der Waals surface area contributed by atoms with Gasteiger partial charge in [0.25, 0.3) is 5.91 Å². The van der Waals surface area contributed by atoms with Crippen LogP contribution in [-0.2, 0) is 9.53 Å². The molecule has 0 bridgehead atoms. The molecule has 0 unspecified atom stereocenters. The number of amides is 2. The molecule has 5 heteroatoms. The van der Waals surface area contributed by atoms with Gasteiger partial charge in [-0.15, -0.1) is 0 Å². The Labute approximate surface area is 137 Å². The van der Waals surface area contributed by atoms with Crippen LogP contribution in [0.3, 0.4) is 0 Å². The van der Waals surface area contributed by atoms with Gasteiger partial charge in [0.1, 0.15) is 0 Å². The monoisotopic (exact) mass is 318 g/mol. The molecule has 1 aliphatic rings. The molecule has 5 nitrogen and oxygen atoms in total. The topological polar surface area (TPSA) is 67.4 Å². The van der Waals surface area contributed by atoms with Crippen LogP contribution in [0.4, 0.5) is 0 Å². The summed E-state index contributed by atoms with van der Waals surface area (Å²) in [5, 5.41) is 5.69. The maximum Gasteiger partial charge on any atom is 0.251 e. The lowest BCUT2D eigenvalue weighted by Gasteiger charge is -2.14. The zero-order valence-corrected chi connectivity index (χ0v) is 13.7. The zero-order chi connectivity index (χ0) is 16.5. The van der Waals surface area contributed by atoms with Crippen LogP contribution in [0, 0.1) is 5.92 Å². The lowest BCUT2D eigenvalue weighted by atomic mass is 10.1. The number of hydrogen-bond donors (Lipinski definition) is 2. The number of hydrogen-bond acceptors (Lipinski definition) is 3. The summed E-state index contributed by atoms with van der Waals surface area (Å²) in [6, 6.07) is 8.80. The first-order chi connectivity index (χ1) is 11.1. The highest BCUT2D eigenvalue weighted by Crippen LogP contribution is 2.28. The van der Waals surface area contributed by atoms with Crippen molar-refractivity contribution in [3.63, 3.8) is 0 Å². The molecule has 0 radical (unpaired) electrons. The SMILES string of the molecule is C[C@H](CC(=O)NCCCOCC1CC1)NC(=O)c1ccccc1. The van der Waals surface area contributed by atoms with E-state index in [1.165, 1.54) is 12.8 Å². The zero-order valence-electron chi connectivity index (χ0n) is 13.7. The van der Waals surface area contributed by atoms with Gasteiger partial charge >= 0.3 is 0 Å². The number of carbonyl (C=O) groups is 2. The van der Waals surface area contributed by atoms with Gasteiger partial charge in [0, 0.05) is 37.8 Å². The minimum Gasteiger partial charge on any atom is -0.381 e. The van der Waals surface area contributed by atoms with Crippen molar-refractivity contribution < 1.29 is 14.3 Å². The Morgan fingerprint density at radius 3 is 2.70 bits per heavy atom. The van der Waals surface area contributed by atoms with Crippen molar-refractivity contribution in [2.24, 2.45) is 5.92 Å². The van der Waals surface area contributed by atoms with Gasteiger partial charge in [-0.1, -0.05) is 18.2 Å². The van der Waals surface area contributed by atoms with Gasteiger partial charge in [-0.2, -0.15) is 0 Å². The molecule has 2 amide bonds. The highest BCUT2D eigenvalue weighted by atomic mass is 16.5. The molecule has 2 rings (SSSR count). The van der Waals surface area contributed by atoms with Crippen molar-refractivity contribution in [1.82, 2.24) is 10.6 Å². The molecule has 2 N–H and O–H groups in total. The van der Waals surface area contributed by atoms with E-state index in [2.05, 4.69) is 10.6 Å². The third-order valence-electron chi connectivity index (χ3n) is 3.74. The standard InChI is InChI=1S/C18H26N2O3/c1-14(20-18(22)16-6-3-2-4-7-16)12-17(21)19-10-5-11-23-13-15-8-9-15/h2-4,6-7,14-15H,5,8-13H2,1H3,(H,19,21)(H,20,22)/t14-/m1/s1. The molecule has 1 aliphatic carbocycles. The maximum atomic E-state index is 12.0. The average molecular weight is 318 g/mol. The summed E-state index contributed by atoms with van der Waals surface area (Å²) in [5.41, 5.74) is 0.604. The number of benzene rings is 1. The molecule has 1 atom stereocenters. The summed E-state index contributed by atoms with van der Waals surface area (Å²) in [7, 11) is 0. The van der Waals surface area contributed by atoms with Crippen LogP contribution in [0.15, 0.2) is 30.3 Å². The Balaban J connectivity index is 1.54. The first kappa shape index (κ1) is 17.5. The van der Waals surface area contributed by atoms with Crippen LogP contribution in [-0.4, -0.2) is 37.6 Å². The van der Waals surface area contributed by atoms with Crippen LogP contribution in [0.2, 0.25) is 0 Å². The predicted molar refractivity (Wildman–Crippen MR) is 89.2 cm³/mol. The molecular formula is C18H26N2O3. The molecule has 1 aromatic rings. The fourth-order valence-corrected chi connectivity index (χ4v) is 2.23. The number of nitrogens with one attached hydrogen (secondary N) is 2. The van der Waals surface area contributed by atoms with Crippen LogP contribution in [0.25, 0.3) is 0 Å². The van der Waals surface area contributed by atoms with Crippen LogP contribution >= 0.6 is 0 Å². The Kier molecular flexibility index (Phi) is 7.07. The van der Waals surface area contributed by atoms with E-state index in [0.717, 1.165) is 18.9 Å². The molecule has 0 aliphatic heterocycles. The molecular weight excluding hydrogens is 292 g/mol. The molecule has 0 heterocycles. The van der Waals surface area contributed by atoms with Gasteiger partial charge in [-0.05, 0) is 44.2 Å². The predicted octanol–water partition coefficient (Wildman–Crippen LogP) is 2.13. The summed E-state index contributed by atoms with van der Waals surface area (Å²) < 4.78 is 5.51. The van der Waals surface area contributed by atoms with E-state index in [4.69, 9.17) is 4.74 Å². The van der Waals surface area contributed by atoms with Gasteiger partial charge in [0.2, 0.25) is 5.91 Å². The Morgan fingerprint density at radius 1 is 1.26 bits per heavy atom. The first-order valence-electron chi connectivity index (χ1n) is 8.35. The van der Waals surface area contributed by atoms with Crippen molar-refractivity contribution >= 4 is 11.8 Å². The van der Waals surface area contributed by atoms with E-state index in [1.54, 1.807) is 12.1 Å². The number of ether oxygens (including phenoxy) is 1. The highest BCUT2D eigenvalue weighted by Gasteiger charge is 2.20. The quantitative estimate of drug-likeness (QED) is 0.649. The second-order valence-corrected chi connectivity index (χ2v) is 6.17. The van der Waals surface area contributed by atoms with Crippen LogP contribution in [0.5, 0.6) is 0 Å². The smallest absolute Gasteiger partial charge is 0.251 e. The van der Waals surface area contributed by atoms with E-state index in [1.807, 2.05) is 25.1 Å². The minimum absolute atomic E-state index is 0.0481. The van der Waals surface area contributed by atoms with Crippen LogP contribution in [0.1, 0.15) is 43.0 Å². The third-order valence-corrected chi connectivity index (χ3v) is 3.74. The Morgan fingerprint density at radius 2 is 2.00 bits per heavy atom. The van der Waals surface area contributed by atoms with Crippen molar-refractivity contribution in [3.8, 4) is 0 Å². The fraction of sp³-hybridized carbons (Fsp3) is 0.556. The molecule has 1 fully saturated rings. The lowest BCUT2D eigenvalue weighted by Crippen LogP contribution is -2.37. The molecule has 126 valence electrons. The highest BCUT2D eigenvalue weighted by molar-refractivity contribution is 5.94. The van der Waals surface area contributed by atoms with E-state index < -0.39 is 0 Å². The fourth-order valence-electron chi connectivity index (χ4n) is 2.23. The molecule has 0 aromatic heterocycles. The van der Waals surface area contributed by atoms with Crippen molar-refractivity contribution in [3.05, 3.63) is 35.9 Å². The average Bonchev–Trinajstić information content (AvgIpc) is 3.35. The van der Waals surface area contributed by atoms with Crippen molar-refractivity contribution in [1.29, 1.82) is 0 Å². The molecule has 23 heavy (non-hydrogen) atoms. The molecule has 0 saturated heterocycles. The maximum absolute atomic E-state index is 12.0. The lowest BCUT2D eigenvalue weighted by molar-refractivity contribution is -0.121. The number of rotatable bonds is 10. The normalized spacial score (nSPS) is 15.0. The Hall–Kier alpha value is -1.88. The van der Waals surface area contributed by atoms with Gasteiger partial charge < -0.3 is 15.4 Å². The Bertz CT molecular complexity index is 500. The van der Waals surface area contributed by atoms with E-state index >= 15 is 0 Å². The first-order valence-corrected chi connectivity index (χ1v) is 8.35. The van der Waals surface area contributed by atoms with Gasteiger partial charge in [-0.25, -0.2) is 0 Å². The summed E-state index contributed by atoms with van der Waals surface area (Å²) in [6.07, 6.45) is 3.69. The van der Waals surface area contributed by atoms with Crippen LogP contribution < -0.4 is 10.6 Å². The molecule has 0 spiro atoms. The van der Waals surface area contributed by atoms with Gasteiger partial charge in [0.05, 0.1) is 0 Å². The van der Waals surface area contributed by atoms with E-state index in [0.29, 0.717) is 18.7 Å². The largest absolute Gasteiger partial charge is 0.381 e. The summed E-state index contributed by atoms with van der Waals surface area (Å²) in [6.45, 7) is 4.00. The van der Waals surface area contributed by atoms with Crippen molar-refractivity contribution in [2.75, 3.05) is 19.8 Å². The summed E-state index contributed by atoms with van der Waals surface area (Å²) >= 11 is 0. The van der Waals surface area contributed by atoms with Gasteiger partial charge in [0.15, 0.2) is 0 Å². The third kappa shape index (κ3) is 7.28. The summed E-state index contributed by atoms with van der Waals surface area (Å²) in [5.74, 6) is 0.575. The minimum atomic E-state index is -0.200. The second kappa shape index (κ2) is 9.30. The van der Waals surface area contributed by atoms with E-state index in [-0.39, 0.29) is 24.3 Å². The molecule has 1 saturated carbocycles. The second-order valence-electron chi connectivity index (χ2n) is 6.17. The molecule has 1 aromatic carbocycles. The van der Waals surface area contributed by atoms with Crippen molar-refractivity contribution in [2.45, 2.75) is 38.6 Å². The summed E-state index contributed by atoms with van der Waals surface area (Å²) in [4.78, 5) is 23.8. The number of carbonyl (C=O) groups excluding carboxylic acids is 2.